The molecule has 9 N–H and O–H groups in total. The number of carbonyl (C=O) groups is 6. The highest BCUT2D eigenvalue weighted by atomic mass is 32.2. The smallest absolute Gasteiger partial charge is 0.320 e. The summed E-state index contributed by atoms with van der Waals surface area (Å²) < 4.78 is 86.1. The van der Waals surface area contributed by atoms with Gasteiger partial charge in [-0.2, -0.15) is 31.2 Å². The van der Waals surface area contributed by atoms with E-state index in [9.17, 15) is 54.4 Å². The minimum Gasteiger partial charge on any atom is -0.348 e. The normalized spacial score (nSPS) is 19.4. The molecule has 754 valence electrons. The topological polar surface area (TPSA) is 432 Å². The number of nitrogens with one attached hydrogen (secondary N) is 9. The number of urea groups is 1. The maximum Gasteiger partial charge on any atom is 0.320 e. The van der Waals surface area contributed by atoms with Gasteiger partial charge in [0.05, 0.1) is 22.0 Å². The highest BCUT2D eigenvalue weighted by Crippen LogP contribution is 2.33. The molecular weight excluding hydrogens is 1880 g/mol. The second-order valence-electron chi connectivity index (χ2n) is 37.1. The standard InChI is InChI=1S/C22H23F2N7O.C19H22N2O.C18H21N5O3S.C18H17N3O.C17H22N4O3S.C13H15N3O/c1-5-31-11-16(14-6-7-17(23)18(24)8-14)19(12-31)26-22(32)27-21-13(2)20(28-30(21)4)15-9-25-29(3)10-15;1-21-13-5-8-18(14-21)20-19(22)17-11-9-16(10-12-17)15-6-3-2-4-7-15;1-2-22-8-7-16(12-22)21-27(25,26)17-5-3-4-14(10-17)18(24)20-15-6-9-23(11-15)13-19;19-13-21-11-10-17(12-21)20-18(22)16-8-6-15(7-9-16)14-4-2-1-3-5-14;18-12-21-9-8-15(11-21)19-17(22)13-4-3-7-16(10-13)25(23,24)20-14-5-1-2-6-14;1-10-2-4-11(5-3-10)13(17)15-12-6-7-16(8-12)9-14/h1,6-10,16,19H,11-12H2,2-4H3,(H2,26,27,32);2-4,6-7,9-12,18H,5,8,13-14H2,1H3,(H,20,22);1,3-5,10,15-16,21H,6-9,11-12H2,(H,20,24);1-9,17H,10-12H2,(H,20,22);3-4,7,10,14-15,20H,1-2,5-6,8-9,11H2,(H,19,22);2-5,12H,6-8H2,1H3,(H,15,17)/t16?,19-;;15?,16-;;;12-/m1.1..1/s1. The van der Waals surface area contributed by atoms with E-state index < -0.39 is 37.7 Å². The molecule has 5 unspecified atom stereocenters. The van der Waals surface area contributed by atoms with Crippen LogP contribution in [0.5, 0.6) is 0 Å². The van der Waals surface area contributed by atoms with E-state index in [2.05, 4.69) is 118 Å². The van der Waals surface area contributed by atoms with Crippen LogP contribution in [0.1, 0.15) is 145 Å². The van der Waals surface area contributed by atoms with Crippen molar-refractivity contribution in [2.75, 3.05) is 104 Å². The van der Waals surface area contributed by atoms with E-state index in [1.807, 2.05) is 148 Å². The number of benzene rings is 8. The Bertz CT molecular complexity index is 6690. The van der Waals surface area contributed by atoms with Crippen LogP contribution in [0.25, 0.3) is 33.5 Å². The Morgan fingerprint density at radius 3 is 1.21 bits per heavy atom. The van der Waals surface area contributed by atoms with Gasteiger partial charge in [-0.05, 0) is 198 Å². The number of likely N-dealkylation sites (N-methyl/N-ethyl adjacent to an activating group) is 1. The van der Waals surface area contributed by atoms with Crippen LogP contribution in [0.2, 0.25) is 0 Å². The first-order valence-corrected chi connectivity index (χ1v) is 51.2. The molecule has 0 radical (unpaired) electrons. The zero-order valence-electron chi connectivity index (χ0n) is 81.6. The van der Waals surface area contributed by atoms with E-state index in [1.54, 1.807) is 76.3 Å². The maximum atomic E-state index is 13.8. The van der Waals surface area contributed by atoms with Gasteiger partial charge in [0.1, 0.15) is 11.5 Å². The Morgan fingerprint density at radius 1 is 0.393 bits per heavy atom. The molecule has 10 aromatic rings. The SMILES string of the molecule is C#CN1CC(c2ccc(F)c(F)c2)[C@H](NC(=O)Nc2c(C)c(-c3cnn(C)c3)nn2C)C1.C#CN1CC[C@@H](NS(=O)(=O)c2cccc(C(=O)NC3CCN(C#N)C3)c2)C1.CN1CCCC(NC(=O)c2ccc(-c3ccccc3)cc2)C1.Cc1ccc(C(=O)N[C@@H]2CCN(C#N)C2)cc1.N#CN1CCC(NC(=O)c2ccc(-c3ccccc3)cc2)C1.N#CN1CCC(NC(=O)c2cccc(S(=O)(=O)NC3CCCC3)c2)C1. The van der Waals surface area contributed by atoms with Crippen LogP contribution in [0, 0.1) is 96.2 Å². The van der Waals surface area contributed by atoms with Crippen molar-refractivity contribution in [3.05, 3.63) is 269 Å². The summed E-state index contributed by atoms with van der Waals surface area (Å²) >= 11 is 0. The second-order valence-corrected chi connectivity index (χ2v) is 40.5. The third-order valence-corrected chi connectivity index (χ3v) is 29.3. The van der Waals surface area contributed by atoms with Crippen LogP contribution < -0.4 is 46.7 Å². The van der Waals surface area contributed by atoms with Gasteiger partial charge < -0.3 is 66.2 Å². The molecule has 38 heteroatoms. The molecule has 8 fully saturated rings. The lowest BCUT2D eigenvalue weighted by molar-refractivity contribution is 0.0907. The van der Waals surface area contributed by atoms with Crippen LogP contribution in [0.4, 0.5) is 19.4 Å². The number of nitrogens with zero attached hydrogens (tertiary/aromatic N) is 15. The number of piperidine rings is 1. The predicted octanol–water partition coefficient (Wildman–Crippen LogP) is 10.8. The molecule has 34 nitrogen and oxygen atoms in total. The number of likely N-dealkylation sites (tertiary alicyclic amines) is 7. The van der Waals surface area contributed by atoms with E-state index in [0.717, 1.165) is 128 Å². The Labute approximate surface area is 845 Å². The first-order valence-electron chi connectivity index (χ1n) is 48.2. The van der Waals surface area contributed by atoms with Crippen molar-refractivity contribution in [1.29, 1.82) is 21.0 Å². The minimum absolute atomic E-state index is 0.0158. The Kier molecular flexibility index (Phi) is 37.4. The number of aryl methyl sites for hydroxylation is 3. The lowest BCUT2D eigenvalue weighted by Gasteiger charge is -2.30. The third kappa shape index (κ3) is 30.2. The van der Waals surface area contributed by atoms with Crippen molar-refractivity contribution in [1.82, 2.24) is 95.2 Å². The Hall–Kier alpha value is -15.7. The van der Waals surface area contributed by atoms with Gasteiger partial charge in [0.25, 0.3) is 29.5 Å². The van der Waals surface area contributed by atoms with Crippen molar-refractivity contribution in [2.24, 2.45) is 14.1 Å². The van der Waals surface area contributed by atoms with E-state index in [4.69, 9.17) is 33.9 Å². The number of anilines is 1. The molecule has 7 aliphatic heterocycles. The highest BCUT2D eigenvalue weighted by Gasteiger charge is 2.37. The van der Waals surface area contributed by atoms with Gasteiger partial charge in [-0.1, -0.05) is 147 Å². The summed E-state index contributed by atoms with van der Waals surface area (Å²) in [7, 11) is -1.71. The largest absolute Gasteiger partial charge is 0.348 e. The predicted molar refractivity (Wildman–Crippen MR) is 545 cm³/mol. The lowest BCUT2D eigenvalue weighted by Crippen LogP contribution is -2.46. The van der Waals surface area contributed by atoms with Crippen molar-refractivity contribution >= 4 is 61.4 Å². The summed E-state index contributed by atoms with van der Waals surface area (Å²) in [6.07, 6.45) is 32.5. The van der Waals surface area contributed by atoms with Gasteiger partial charge >= 0.3 is 6.03 Å². The molecule has 1 aliphatic carbocycles. The number of halogens is 2. The molecule has 0 bridgehead atoms. The Morgan fingerprint density at radius 2 is 0.800 bits per heavy atom. The van der Waals surface area contributed by atoms with Gasteiger partial charge in [0, 0.05) is 205 Å². The van der Waals surface area contributed by atoms with Gasteiger partial charge in [0.15, 0.2) is 36.4 Å². The van der Waals surface area contributed by atoms with E-state index in [0.29, 0.717) is 119 Å². The number of terminal acetylenes is 2. The average Bonchev–Trinajstić information content (AvgIpc) is 1.62. The van der Waals surface area contributed by atoms with Gasteiger partial charge in [0.2, 0.25) is 20.0 Å². The highest BCUT2D eigenvalue weighted by molar-refractivity contribution is 7.89. The van der Waals surface area contributed by atoms with Gasteiger partial charge in [-0.3, -0.25) is 38.7 Å². The number of hydrogen-bond acceptors (Lipinski definition) is 23. The molecule has 145 heavy (non-hydrogen) atoms. The molecule has 7 saturated heterocycles. The first kappa shape index (κ1) is 107. The van der Waals surface area contributed by atoms with Crippen LogP contribution in [-0.4, -0.2) is 253 Å². The van der Waals surface area contributed by atoms with Crippen LogP contribution in [0.3, 0.4) is 0 Å². The number of rotatable bonds is 22. The van der Waals surface area contributed by atoms with E-state index >= 15 is 0 Å². The van der Waals surface area contributed by atoms with Crippen LogP contribution >= 0.6 is 0 Å². The van der Waals surface area contributed by atoms with E-state index in [-0.39, 0.29) is 99.1 Å². The van der Waals surface area contributed by atoms with Gasteiger partial charge in [-0.15, -0.1) is 0 Å². The molecule has 8 aromatic carbocycles. The zero-order chi connectivity index (χ0) is 103. The fourth-order valence-electron chi connectivity index (χ4n) is 18.4. The molecule has 18 rings (SSSR count). The monoisotopic (exact) mass is 2000 g/mol. The number of sulfonamides is 2. The van der Waals surface area contributed by atoms with Crippen molar-refractivity contribution in [2.45, 2.75) is 149 Å². The third-order valence-electron chi connectivity index (χ3n) is 26.3. The molecule has 9 heterocycles. The number of hydrogen-bond donors (Lipinski definition) is 9. The summed E-state index contributed by atoms with van der Waals surface area (Å²) in [5, 5.41) is 64.5. The van der Waals surface area contributed by atoms with Crippen LogP contribution in [0.15, 0.2) is 222 Å². The first-order chi connectivity index (χ1) is 69.8. The summed E-state index contributed by atoms with van der Waals surface area (Å²) in [6, 6.07) is 63.1. The van der Waals surface area contributed by atoms with Crippen LogP contribution in [-0.2, 0) is 34.1 Å². The molecule has 8 atom stereocenters. The Balaban J connectivity index is 0.000000147. The summed E-state index contributed by atoms with van der Waals surface area (Å²) in [4.78, 5) is 86.5. The van der Waals surface area contributed by atoms with Crippen molar-refractivity contribution in [3.8, 4) is 83.2 Å². The molecular formula is C107H120F2N24O10S2. The number of carbonyl (C=O) groups excluding carboxylic acids is 6. The van der Waals surface area contributed by atoms with E-state index in [1.165, 1.54) is 35.9 Å². The molecule has 8 aliphatic rings. The number of amides is 7. The zero-order valence-corrected chi connectivity index (χ0v) is 83.2. The lowest BCUT2D eigenvalue weighted by atomic mass is 9.94. The van der Waals surface area contributed by atoms with Gasteiger partial charge in [-0.25, -0.2) is 39.9 Å². The van der Waals surface area contributed by atoms with Crippen molar-refractivity contribution < 1.29 is 54.4 Å². The molecule has 2 aromatic heterocycles. The molecule has 7 amide bonds. The summed E-state index contributed by atoms with van der Waals surface area (Å²) in [6.45, 7) is 12.7. The van der Waals surface area contributed by atoms with Crippen molar-refractivity contribution in [3.63, 3.8) is 0 Å². The molecule has 0 spiro atoms. The minimum atomic E-state index is -3.75. The number of nitriles is 4. The average molecular weight is 2000 g/mol. The summed E-state index contributed by atoms with van der Waals surface area (Å²) in [5.41, 5.74) is 11.2. The molecule has 1 saturated carbocycles. The second kappa shape index (κ2) is 50.8. The quantitative estimate of drug-likeness (QED) is 0.0225. The fourth-order valence-corrected chi connectivity index (χ4v) is 21.0. The fraction of sp³-hybridized carbons (Fsp3) is 0.364. The maximum absolute atomic E-state index is 13.8. The number of aromatic nitrogens is 4. The summed E-state index contributed by atoms with van der Waals surface area (Å²) in [5.74, 6) is -2.38.